The number of carbonyl (C=O) groups is 3. The van der Waals surface area contributed by atoms with Crippen molar-refractivity contribution in [2.45, 2.75) is 19.8 Å². The fraction of sp³-hybridized carbons (Fsp3) is 0.211. The number of esters is 1. The van der Waals surface area contributed by atoms with Crippen LogP contribution in [0.3, 0.4) is 0 Å². The van der Waals surface area contributed by atoms with Crippen LogP contribution in [-0.2, 0) is 19.1 Å². The highest BCUT2D eigenvalue weighted by Crippen LogP contribution is 2.29. The average Bonchev–Trinajstić information content (AvgIpc) is 2.62. The van der Waals surface area contributed by atoms with Crippen molar-refractivity contribution >= 4 is 52.4 Å². The first-order valence-corrected chi connectivity index (χ1v) is 8.87. The second kappa shape index (κ2) is 9.94. The molecule has 2 aromatic carbocycles. The second-order valence-electron chi connectivity index (χ2n) is 5.73. The lowest BCUT2D eigenvalue weighted by atomic mass is 10.2. The summed E-state index contributed by atoms with van der Waals surface area (Å²) in [5.74, 6) is -1.52. The molecular weight excluding hydrogens is 391 g/mol. The first-order chi connectivity index (χ1) is 12.8. The van der Waals surface area contributed by atoms with Gasteiger partial charge in [0.2, 0.25) is 5.91 Å². The summed E-state index contributed by atoms with van der Waals surface area (Å²) in [6.07, 6.45) is -0.275. The summed E-state index contributed by atoms with van der Waals surface area (Å²) in [7, 11) is 0. The van der Waals surface area contributed by atoms with Crippen molar-refractivity contribution in [2.24, 2.45) is 0 Å². The lowest BCUT2D eigenvalue weighted by Crippen LogP contribution is -2.21. The van der Waals surface area contributed by atoms with Gasteiger partial charge in [0.15, 0.2) is 6.61 Å². The van der Waals surface area contributed by atoms with Gasteiger partial charge in [0.05, 0.1) is 22.2 Å². The summed E-state index contributed by atoms with van der Waals surface area (Å²) in [4.78, 5) is 35.4. The molecule has 8 heteroatoms. The molecule has 0 saturated heterocycles. The van der Waals surface area contributed by atoms with Crippen molar-refractivity contribution in [1.82, 2.24) is 0 Å². The Hall–Kier alpha value is -2.57. The van der Waals surface area contributed by atoms with E-state index in [0.717, 1.165) is 5.56 Å². The smallest absolute Gasteiger partial charge is 0.306 e. The van der Waals surface area contributed by atoms with Gasteiger partial charge in [0, 0.05) is 12.1 Å². The Labute approximate surface area is 166 Å². The number of hydrogen-bond acceptors (Lipinski definition) is 4. The first kappa shape index (κ1) is 20.7. The van der Waals surface area contributed by atoms with Crippen molar-refractivity contribution in [3.8, 4) is 0 Å². The summed E-state index contributed by atoms with van der Waals surface area (Å²) in [6, 6.07) is 12.1. The van der Waals surface area contributed by atoms with Crippen molar-refractivity contribution in [2.75, 3.05) is 17.2 Å². The van der Waals surface area contributed by atoms with E-state index in [9.17, 15) is 14.4 Å². The molecule has 0 bridgehead atoms. The van der Waals surface area contributed by atoms with Crippen LogP contribution < -0.4 is 10.6 Å². The first-order valence-electron chi connectivity index (χ1n) is 8.11. The van der Waals surface area contributed by atoms with E-state index in [0.29, 0.717) is 16.4 Å². The minimum atomic E-state index is -0.651. The molecule has 0 atom stereocenters. The highest BCUT2D eigenvalue weighted by atomic mass is 35.5. The quantitative estimate of drug-likeness (QED) is 0.672. The zero-order valence-electron chi connectivity index (χ0n) is 14.6. The molecule has 0 heterocycles. The maximum absolute atomic E-state index is 11.9. The van der Waals surface area contributed by atoms with E-state index in [2.05, 4.69) is 10.6 Å². The maximum atomic E-state index is 11.9. The molecule has 0 aliphatic carbocycles. The molecule has 27 heavy (non-hydrogen) atoms. The third-order valence-electron chi connectivity index (χ3n) is 3.45. The van der Waals surface area contributed by atoms with E-state index in [1.165, 1.54) is 0 Å². The van der Waals surface area contributed by atoms with Crippen molar-refractivity contribution in [3.63, 3.8) is 0 Å². The van der Waals surface area contributed by atoms with Crippen molar-refractivity contribution in [1.29, 1.82) is 0 Å². The third-order valence-corrected chi connectivity index (χ3v) is 4.27. The summed E-state index contributed by atoms with van der Waals surface area (Å²) < 4.78 is 4.87. The number of nitrogens with one attached hydrogen (secondary N) is 2. The Morgan fingerprint density at radius 3 is 2.44 bits per heavy atom. The largest absolute Gasteiger partial charge is 0.456 e. The van der Waals surface area contributed by atoms with E-state index in [1.54, 1.807) is 30.3 Å². The number of hydrogen-bond donors (Lipinski definition) is 2. The van der Waals surface area contributed by atoms with Crippen LogP contribution in [0.5, 0.6) is 0 Å². The normalized spacial score (nSPS) is 10.2. The molecule has 0 aromatic heterocycles. The van der Waals surface area contributed by atoms with Gasteiger partial charge in [-0.05, 0) is 36.8 Å². The zero-order valence-corrected chi connectivity index (χ0v) is 16.1. The zero-order chi connectivity index (χ0) is 19.8. The minimum absolute atomic E-state index is 0.110. The van der Waals surface area contributed by atoms with Gasteiger partial charge in [0.25, 0.3) is 5.91 Å². The Balaban J connectivity index is 1.71. The Bertz CT molecular complexity index is 855. The average molecular weight is 409 g/mol. The minimum Gasteiger partial charge on any atom is -0.456 e. The van der Waals surface area contributed by atoms with Crippen molar-refractivity contribution < 1.29 is 19.1 Å². The molecule has 2 rings (SSSR count). The van der Waals surface area contributed by atoms with E-state index < -0.39 is 24.4 Å². The molecule has 0 aliphatic rings. The molecule has 0 spiro atoms. The van der Waals surface area contributed by atoms with Gasteiger partial charge in [-0.25, -0.2) is 0 Å². The molecule has 2 aromatic rings. The Kier molecular flexibility index (Phi) is 7.64. The van der Waals surface area contributed by atoms with Crippen LogP contribution in [-0.4, -0.2) is 24.4 Å². The predicted molar refractivity (Wildman–Crippen MR) is 105 cm³/mol. The van der Waals surface area contributed by atoms with Gasteiger partial charge in [0.1, 0.15) is 0 Å². The molecule has 2 amide bonds. The molecule has 0 radical (unpaired) electrons. The standard InChI is InChI=1S/C19H18Cl2N2O4/c1-12-4-2-5-13(10-12)22-17(25)11-27-18(26)9-8-16(24)23-15-7-3-6-14(20)19(15)21/h2-7,10H,8-9,11H2,1H3,(H,22,25)(H,23,24). The molecule has 0 aliphatic heterocycles. The fourth-order valence-corrected chi connectivity index (χ4v) is 2.51. The molecule has 0 fully saturated rings. The summed E-state index contributed by atoms with van der Waals surface area (Å²) in [5, 5.41) is 5.73. The van der Waals surface area contributed by atoms with Crippen LogP contribution >= 0.6 is 23.2 Å². The fourth-order valence-electron chi connectivity index (χ4n) is 2.17. The SMILES string of the molecule is Cc1cccc(NC(=O)COC(=O)CCC(=O)Nc2cccc(Cl)c2Cl)c1. The van der Waals surface area contributed by atoms with E-state index in [4.69, 9.17) is 27.9 Å². The summed E-state index contributed by atoms with van der Waals surface area (Å²) in [6.45, 7) is 1.48. The number of rotatable bonds is 7. The van der Waals surface area contributed by atoms with Crippen LogP contribution in [0.2, 0.25) is 10.0 Å². The van der Waals surface area contributed by atoms with Crippen molar-refractivity contribution in [3.05, 3.63) is 58.1 Å². The molecule has 142 valence electrons. The molecule has 2 N–H and O–H groups in total. The van der Waals surface area contributed by atoms with Crippen LogP contribution in [0.4, 0.5) is 11.4 Å². The van der Waals surface area contributed by atoms with Crippen LogP contribution in [0.25, 0.3) is 0 Å². The summed E-state index contributed by atoms with van der Waals surface area (Å²) in [5.41, 5.74) is 1.98. The number of aryl methyl sites for hydroxylation is 1. The lowest BCUT2D eigenvalue weighted by Gasteiger charge is -2.09. The number of ether oxygens (including phenoxy) is 1. The number of anilines is 2. The molecule has 0 saturated carbocycles. The maximum Gasteiger partial charge on any atom is 0.306 e. The highest BCUT2D eigenvalue weighted by Gasteiger charge is 2.12. The van der Waals surface area contributed by atoms with Crippen LogP contribution in [0.15, 0.2) is 42.5 Å². The molecular formula is C19H18Cl2N2O4. The van der Waals surface area contributed by atoms with Gasteiger partial charge in [-0.3, -0.25) is 14.4 Å². The third kappa shape index (κ3) is 6.92. The topological polar surface area (TPSA) is 84.5 Å². The highest BCUT2D eigenvalue weighted by molar-refractivity contribution is 6.43. The van der Waals surface area contributed by atoms with Gasteiger partial charge in [-0.1, -0.05) is 41.4 Å². The van der Waals surface area contributed by atoms with Gasteiger partial charge in [-0.15, -0.1) is 0 Å². The van der Waals surface area contributed by atoms with E-state index in [1.807, 2.05) is 19.1 Å². The van der Waals surface area contributed by atoms with Gasteiger partial charge >= 0.3 is 5.97 Å². The number of benzene rings is 2. The lowest BCUT2D eigenvalue weighted by molar-refractivity contribution is -0.147. The van der Waals surface area contributed by atoms with Crippen LogP contribution in [0.1, 0.15) is 18.4 Å². The number of halogens is 2. The second-order valence-corrected chi connectivity index (χ2v) is 6.51. The molecule has 0 unspecified atom stereocenters. The van der Waals surface area contributed by atoms with E-state index in [-0.39, 0.29) is 17.9 Å². The summed E-state index contributed by atoms with van der Waals surface area (Å²) >= 11 is 11.8. The number of amides is 2. The van der Waals surface area contributed by atoms with E-state index >= 15 is 0 Å². The van der Waals surface area contributed by atoms with Crippen LogP contribution in [0, 0.1) is 6.92 Å². The Morgan fingerprint density at radius 1 is 0.963 bits per heavy atom. The predicted octanol–water partition coefficient (Wildman–Crippen LogP) is 4.20. The Morgan fingerprint density at radius 2 is 1.70 bits per heavy atom. The monoisotopic (exact) mass is 408 g/mol. The number of carbonyl (C=O) groups excluding carboxylic acids is 3. The van der Waals surface area contributed by atoms with Gasteiger partial charge < -0.3 is 15.4 Å². The molecule has 6 nitrogen and oxygen atoms in total. The van der Waals surface area contributed by atoms with Gasteiger partial charge in [-0.2, -0.15) is 0 Å².